The SMILES string of the molecule is COc1ccc(C(=O)OC2c3ccccc3-c3ccccc32)c(OC)c1OC. The summed E-state index contributed by atoms with van der Waals surface area (Å²) >= 11 is 0. The van der Waals surface area contributed by atoms with Gasteiger partial charge in [0.05, 0.1) is 21.3 Å². The van der Waals surface area contributed by atoms with Gasteiger partial charge in [0.2, 0.25) is 5.75 Å². The molecule has 1 aliphatic rings. The Morgan fingerprint density at radius 2 is 1.29 bits per heavy atom. The van der Waals surface area contributed by atoms with E-state index in [0.717, 1.165) is 22.3 Å². The van der Waals surface area contributed by atoms with Crippen LogP contribution in [0.15, 0.2) is 60.7 Å². The molecule has 0 bridgehead atoms. The number of esters is 1. The van der Waals surface area contributed by atoms with Crippen molar-refractivity contribution in [1.82, 2.24) is 0 Å². The second-order valence-electron chi connectivity index (χ2n) is 6.34. The Labute approximate surface area is 163 Å². The highest BCUT2D eigenvalue weighted by Gasteiger charge is 2.32. The Morgan fingerprint density at radius 1 is 0.714 bits per heavy atom. The summed E-state index contributed by atoms with van der Waals surface area (Å²) in [6, 6.07) is 19.2. The van der Waals surface area contributed by atoms with E-state index in [9.17, 15) is 4.79 Å². The van der Waals surface area contributed by atoms with E-state index in [1.807, 2.05) is 48.5 Å². The number of carbonyl (C=O) groups excluding carboxylic acids is 1. The lowest BCUT2D eigenvalue weighted by Gasteiger charge is -2.18. The zero-order valence-corrected chi connectivity index (χ0v) is 15.9. The van der Waals surface area contributed by atoms with E-state index < -0.39 is 12.1 Å². The molecule has 0 saturated carbocycles. The third-order valence-corrected chi connectivity index (χ3v) is 4.93. The number of carbonyl (C=O) groups is 1. The number of methoxy groups -OCH3 is 3. The third kappa shape index (κ3) is 2.76. The smallest absolute Gasteiger partial charge is 0.343 e. The van der Waals surface area contributed by atoms with Crippen molar-refractivity contribution >= 4 is 5.97 Å². The summed E-state index contributed by atoms with van der Waals surface area (Å²) in [7, 11) is 4.51. The van der Waals surface area contributed by atoms with E-state index in [4.69, 9.17) is 18.9 Å². The van der Waals surface area contributed by atoms with Crippen molar-refractivity contribution in [3.8, 4) is 28.4 Å². The van der Waals surface area contributed by atoms with Crippen LogP contribution >= 0.6 is 0 Å². The third-order valence-electron chi connectivity index (χ3n) is 4.93. The van der Waals surface area contributed by atoms with Gasteiger partial charge >= 0.3 is 5.97 Å². The largest absolute Gasteiger partial charge is 0.493 e. The molecule has 0 saturated heterocycles. The first-order chi connectivity index (χ1) is 13.7. The number of benzene rings is 3. The van der Waals surface area contributed by atoms with E-state index in [-0.39, 0.29) is 11.3 Å². The van der Waals surface area contributed by atoms with Crippen LogP contribution in [-0.4, -0.2) is 27.3 Å². The van der Waals surface area contributed by atoms with Crippen LogP contribution in [0.3, 0.4) is 0 Å². The second kappa shape index (κ2) is 7.27. The predicted molar refractivity (Wildman–Crippen MR) is 105 cm³/mol. The lowest BCUT2D eigenvalue weighted by Crippen LogP contribution is -2.13. The molecule has 0 amide bonds. The minimum absolute atomic E-state index is 0.280. The highest BCUT2D eigenvalue weighted by Crippen LogP contribution is 2.46. The molecule has 4 rings (SSSR count). The van der Waals surface area contributed by atoms with Crippen LogP contribution in [0.4, 0.5) is 0 Å². The molecule has 5 nitrogen and oxygen atoms in total. The van der Waals surface area contributed by atoms with Crippen LogP contribution in [0.5, 0.6) is 17.2 Å². The summed E-state index contributed by atoms with van der Waals surface area (Å²) < 4.78 is 22.0. The topological polar surface area (TPSA) is 54.0 Å². The van der Waals surface area contributed by atoms with Gasteiger partial charge in [-0.05, 0) is 23.3 Å². The molecule has 5 heteroatoms. The molecule has 0 N–H and O–H groups in total. The van der Waals surface area contributed by atoms with Gasteiger partial charge in [0.15, 0.2) is 17.6 Å². The maximum Gasteiger partial charge on any atom is 0.343 e. The maximum atomic E-state index is 13.1. The Balaban J connectivity index is 1.74. The molecule has 1 aliphatic carbocycles. The van der Waals surface area contributed by atoms with Gasteiger partial charge in [-0.25, -0.2) is 4.79 Å². The Bertz CT molecular complexity index is 995. The highest BCUT2D eigenvalue weighted by molar-refractivity contribution is 5.95. The van der Waals surface area contributed by atoms with Gasteiger partial charge in [-0.15, -0.1) is 0 Å². The zero-order valence-electron chi connectivity index (χ0n) is 15.9. The summed E-state index contributed by atoms with van der Waals surface area (Å²) in [5, 5.41) is 0. The number of hydrogen-bond donors (Lipinski definition) is 0. The fraction of sp³-hybridized carbons (Fsp3) is 0.174. The number of hydrogen-bond acceptors (Lipinski definition) is 5. The van der Waals surface area contributed by atoms with Crippen LogP contribution in [0.25, 0.3) is 11.1 Å². The summed E-state index contributed by atoms with van der Waals surface area (Å²) in [4.78, 5) is 13.1. The van der Waals surface area contributed by atoms with E-state index in [0.29, 0.717) is 11.5 Å². The van der Waals surface area contributed by atoms with Crippen LogP contribution < -0.4 is 14.2 Å². The predicted octanol–water partition coefficient (Wildman–Crippen LogP) is 4.64. The van der Waals surface area contributed by atoms with Crippen molar-refractivity contribution in [3.05, 3.63) is 77.4 Å². The summed E-state index contributed by atoms with van der Waals surface area (Å²) in [6.45, 7) is 0. The molecule has 0 heterocycles. The Morgan fingerprint density at radius 3 is 1.82 bits per heavy atom. The molecule has 3 aromatic carbocycles. The van der Waals surface area contributed by atoms with Crippen molar-refractivity contribution in [2.45, 2.75) is 6.10 Å². The van der Waals surface area contributed by atoms with Gasteiger partial charge in [-0.3, -0.25) is 0 Å². The van der Waals surface area contributed by atoms with Crippen molar-refractivity contribution in [3.63, 3.8) is 0 Å². The lowest BCUT2D eigenvalue weighted by atomic mass is 10.1. The average molecular weight is 376 g/mol. The average Bonchev–Trinajstić information content (AvgIpc) is 3.06. The fourth-order valence-corrected chi connectivity index (χ4v) is 3.67. The molecule has 142 valence electrons. The van der Waals surface area contributed by atoms with Crippen LogP contribution in [0.1, 0.15) is 27.6 Å². The van der Waals surface area contributed by atoms with Crippen molar-refractivity contribution in [1.29, 1.82) is 0 Å². The maximum absolute atomic E-state index is 13.1. The van der Waals surface area contributed by atoms with E-state index in [2.05, 4.69) is 0 Å². The van der Waals surface area contributed by atoms with Crippen LogP contribution in [0.2, 0.25) is 0 Å². The quantitative estimate of drug-likeness (QED) is 0.607. The van der Waals surface area contributed by atoms with Gasteiger partial charge in [-0.1, -0.05) is 48.5 Å². The van der Waals surface area contributed by atoms with Gasteiger partial charge in [0, 0.05) is 11.1 Å². The first-order valence-electron chi connectivity index (χ1n) is 8.87. The number of ether oxygens (including phenoxy) is 4. The molecule has 0 spiro atoms. The van der Waals surface area contributed by atoms with Gasteiger partial charge in [0.1, 0.15) is 5.56 Å². The first kappa shape index (κ1) is 17.9. The van der Waals surface area contributed by atoms with E-state index in [1.54, 1.807) is 12.1 Å². The molecule has 0 aliphatic heterocycles. The molecule has 0 unspecified atom stereocenters. The van der Waals surface area contributed by atoms with E-state index in [1.165, 1.54) is 21.3 Å². The highest BCUT2D eigenvalue weighted by atomic mass is 16.6. The van der Waals surface area contributed by atoms with Crippen molar-refractivity contribution < 1.29 is 23.7 Å². The normalized spacial score (nSPS) is 12.1. The second-order valence-corrected chi connectivity index (χ2v) is 6.34. The fourth-order valence-electron chi connectivity index (χ4n) is 3.67. The van der Waals surface area contributed by atoms with Gasteiger partial charge < -0.3 is 18.9 Å². The summed E-state index contributed by atoms with van der Waals surface area (Å²) in [5.41, 5.74) is 4.38. The Hall–Kier alpha value is -3.47. The number of fused-ring (bicyclic) bond motifs is 3. The van der Waals surface area contributed by atoms with Gasteiger partial charge in [-0.2, -0.15) is 0 Å². The first-order valence-corrected chi connectivity index (χ1v) is 8.87. The minimum Gasteiger partial charge on any atom is -0.493 e. The summed E-state index contributed by atoms with van der Waals surface area (Å²) in [6.07, 6.45) is -0.474. The molecular weight excluding hydrogens is 356 g/mol. The molecule has 0 radical (unpaired) electrons. The molecule has 28 heavy (non-hydrogen) atoms. The zero-order chi connectivity index (χ0) is 19.7. The molecule has 0 fully saturated rings. The van der Waals surface area contributed by atoms with Crippen LogP contribution in [-0.2, 0) is 4.74 Å². The van der Waals surface area contributed by atoms with Crippen LogP contribution in [0, 0.1) is 0 Å². The molecule has 0 aromatic heterocycles. The molecule has 3 aromatic rings. The minimum atomic E-state index is -0.491. The standard InChI is InChI=1S/C23H20O5/c1-25-19-13-12-18(21(26-2)22(19)27-3)23(24)28-20-16-10-6-4-8-14(16)15-9-5-7-11-17(15)20/h4-13,20H,1-3H3. The van der Waals surface area contributed by atoms with E-state index >= 15 is 0 Å². The van der Waals surface area contributed by atoms with Crippen molar-refractivity contribution in [2.75, 3.05) is 21.3 Å². The van der Waals surface area contributed by atoms with Gasteiger partial charge in [0.25, 0.3) is 0 Å². The molecular formula is C23H20O5. The number of rotatable bonds is 5. The molecule has 0 atom stereocenters. The summed E-state index contributed by atoms with van der Waals surface area (Å²) in [5.74, 6) is 0.625. The lowest BCUT2D eigenvalue weighted by molar-refractivity contribution is 0.0381. The van der Waals surface area contributed by atoms with Crippen molar-refractivity contribution in [2.24, 2.45) is 0 Å². The monoisotopic (exact) mass is 376 g/mol. The Kier molecular flexibility index (Phi) is 4.65.